The van der Waals surface area contributed by atoms with Crippen molar-refractivity contribution in [2.45, 2.75) is 58.0 Å². The second kappa shape index (κ2) is 9.91. The lowest BCUT2D eigenvalue weighted by atomic mass is 9.85. The number of carboxylic acid groups (broad SMARTS) is 1. The Hall–Kier alpha value is -2.62. The van der Waals surface area contributed by atoms with Crippen LogP contribution in [0.25, 0.3) is 0 Å². The average molecular weight is 368 g/mol. The Morgan fingerprint density at radius 1 is 0.889 bits per heavy atom. The molecule has 2 rings (SSSR count). The lowest BCUT2D eigenvalue weighted by molar-refractivity contribution is -0.0303. The third kappa shape index (κ3) is 5.19. The lowest BCUT2D eigenvalue weighted by Crippen LogP contribution is -2.32. The smallest absolute Gasteiger partial charge is 0.339 e. The molecule has 0 spiro atoms. The summed E-state index contributed by atoms with van der Waals surface area (Å²) in [5.41, 5.74) is 0.251. The van der Waals surface area contributed by atoms with E-state index in [1.54, 1.807) is 12.1 Å². The summed E-state index contributed by atoms with van der Waals surface area (Å²) in [5, 5.41) is 9.38. The summed E-state index contributed by atoms with van der Waals surface area (Å²) in [5.74, 6) is -1.72. The van der Waals surface area contributed by atoms with Crippen molar-refractivity contribution < 1.29 is 19.4 Å². The predicted octanol–water partition coefficient (Wildman–Crippen LogP) is 5.82. The van der Waals surface area contributed by atoms with Crippen LogP contribution in [0.2, 0.25) is 0 Å². The number of carboxylic acids is 1. The second-order valence-corrected chi connectivity index (χ2v) is 6.76. The maximum Gasteiger partial charge on any atom is 0.339 e. The first-order valence-electron chi connectivity index (χ1n) is 9.65. The molecule has 0 saturated carbocycles. The van der Waals surface area contributed by atoms with Crippen molar-refractivity contribution in [2.24, 2.45) is 0 Å². The molecular weight excluding hydrogens is 340 g/mol. The van der Waals surface area contributed by atoms with Gasteiger partial charge in [-0.15, -0.1) is 0 Å². The van der Waals surface area contributed by atoms with E-state index in [4.69, 9.17) is 4.74 Å². The molecule has 27 heavy (non-hydrogen) atoms. The first kappa shape index (κ1) is 20.7. The van der Waals surface area contributed by atoms with Gasteiger partial charge in [-0.1, -0.05) is 75.6 Å². The number of hydrogen-bond acceptors (Lipinski definition) is 3. The van der Waals surface area contributed by atoms with E-state index in [1.807, 2.05) is 37.3 Å². The Labute approximate surface area is 161 Å². The molecule has 2 aromatic rings. The number of ether oxygens (including phenoxy) is 1. The monoisotopic (exact) mass is 368 g/mol. The highest BCUT2D eigenvalue weighted by molar-refractivity contribution is 6.02. The Morgan fingerprint density at radius 3 is 2.11 bits per heavy atom. The van der Waals surface area contributed by atoms with Gasteiger partial charge in [0.15, 0.2) is 0 Å². The molecule has 1 atom stereocenters. The molecule has 144 valence electrons. The number of carbonyl (C=O) groups is 2. The van der Waals surface area contributed by atoms with E-state index in [9.17, 15) is 14.7 Å². The Morgan fingerprint density at radius 2 is 1.52 bits per heavy atom. The van der Waals surface area contributed by atoms with E-state index in [-0.39, 0.29) is 11.1 Å². The van der Waals surface area contributed by atoms with Crippen molar-refractivity contribution in [1.29, 1.82) is 0 Å². The summed E-state index contributed by atoms with van der Waals surface area (Å²) < 4.78 is 6.03. The minimum absolute atomic E-state index is 0.0356. The van der Waals surface area contributed by atoms with Crippen LogP contribution < -0.4 is 0 Å². The number of unbranched alkanes of at least 4 members (excludes halogenated alkanes) is 3. The molecule has 4 nitrogen and oxygen atoms in total. The van der Waals surface area contributed by atoms with Gasteiger partial charge in [0.1, 0.15) is 5.60 Å². The lowest BCUT2D eigenvalue weighted by Gasteiger charge is -2.33. The molecule has 0 saturated heterocycles. The highest BCUT2D eigenvalue weighted by Gasteiger charge is 2.35. The number of aromatic carboxylic acids is 1. The molecular formula is C23H28O4. The van der Waals surface area contributed by atoms with Gasteiger partial charge in [0.2, 0.25) is 0 Å². The van der Waals surface area contributed by atoms with Crippen molar-refractivity contribution in [3.8, 4) is 0 Å². The third-order valence-corrected chi connectivity index (χ3v) is 4.97. The van der Waals surface area contributed by atoms with E-state index < -0.39 is 17.5 Å². The standard InChI is InChI=1S/C23H28O4/c1-3-5-6-12-17-23(4-2,18-13-8-7-9-14-18)27-22(26)20-16-11-10-15-19(20)21(24)25/h7-11,13-16H,3-6,12,17H2,1-2H3,(H,24,25). The van der Waals surface area contributed by atoms with E-state index in [1.165, 1.54) is 12.1 Å². The minimum Gasteiger partial charge on any atom is -0.478 e. The maximum absolute atomic E-state index is 12.9. The number of hydrogen-bond donors (Lipinski definition) is 1. The zero-order valence-electron chi connectivity index (χ0n) is 16.1. The first-order chi connectivity index (χ1) is 13.0. The third-order valence-electron chi connectivity index (χ3n) is 4.97. The van der Waals surface area contributed by atoms with Gasteiger partial charge in [0.05, 0.1) is 11.1 Å². The summed E-state index contributed by atoms with van der Waals surface area (Å²) in [4.78, 5) is 24.4. The van der Waals surface area contributed by atoms with Crippen molar-refractivity contribution in [3.05, 3.63) is 71.3 Å². The van der Waals surface area contributed by atoms with Crippen molar-refractivity contribution in [1.82, 2.24) is 0 Å². The molecule has 0 heterocycles. The molecule has 1 unspecified atom stereocenters. The van der Waals surface area contributed by atoms with E-state index in [2.05, 4.69) is 6.92 Å². The Balaban J connectivity index is 2.33. The quantitative estimate of drug-likeness (QED) is 0.424. The van der Waals surface area contributed by atoms with Crippen LogP contribution in [-0.4, -0.2) is 17.0 Å². The largest absolute Gasteiger partial charge is 0.478 e. The van der Waals surface area contributed by atoms with Gasteiger partial charge in [0, 0.05) is 0 Å². The predicted molar refractivity (Wildman–Crippen MR) is 106 cm³/mol. The molecule has 0 amide bonds. The number of rotatable bonds is 10. The van der Waals surface area contributed by atoms with Crippen LogP contribution in [0.1, 0.15) is 78.7 Å². The van der Waals surface area contributed by atoms with Crippen LogP contribution in [0.5, 0.6) is 0 Å². The summed E-state index contributed by atoms with van der Waals surface area (Å²) in [6.07, 6.45) is 5.65. The highest BCUT2D eigenvalue weighted by atomic mass is 16.6. The summed E-state index contributed by atoms with van der Waals surface area (Å²) in [6, 6.07) is 15.9. The molecule has 0 aliphatic carbocycles. The van der Waals surface area contributed by atoms with Gasteiger partial charge in [0.25, 0.3) is 0 Å². The van der Waals surface area contributed by atoms with Gasteiger partial charge in [-0.25, -0.2) is 9.59 Å². The number of benzene rings is 2. The van der Waals surface area contributed by atoms with Gasteiger partial charge in [-0.2, -0.15) is 0 Å². The fraction of sp³-hybridized carbons (Fsp3) is 0.391. The number of carbonyl (C=O) groups excluding carboxylic acids is 1. The van der Waals surface area contributed by atoms with Crippen molar-refractivity contribution in [2.75, 3.05) is 0 Å². The molecule has 0 aliphatic heterocycles. The van der Waals surface area contributed by atoms with E-state index in [0.29, 0.717) is 12.8 Å². The zero-order valence-corrected chi connectivity index (χ0v) is 16.1. The molecule has 4 heteroatoms. The topological polar surface area (TPSA) is 63.6 Å². The van der Waals surface area contributed by atoms with Crippen LogP contribution in [0.4, 0.5) is 0 Å². The average Bonchev–Trinajstić information content (AvgIpc) is 2.70. The van der Waals surface area contributed by atoms with Crippen LogP contribution in [0.15, 0.2) is 54.6 Å². The molecule has 0 aromatic heterocycles. The normalized spacial score (nSPS) is 13.0. The van der Waals surface area contributed by atoms with Gasteiger partial charge >= 0.3 is 11.9 Å². The van der Waals surface area contributed by atoms with Crippen LogP contribution >= 0.6 is 0 Å². The Bertz CT molecular complexity index is 754. The summed E-state index contributed by atoms with van der Waals surface area (Å²) >= 11 is 0. The van der Waals surface area contributed by atoms with Gasteiger partial charge in [-0.3, -0.25) is 0 Å². The fourth-order valence-electron chi connectivity index (χ4n) is 3.37. The second-order valence-electron chi connectivity index (χ2n) is 6.76. The van der Waals surface area contributed by atoms with Crippen molar-refractivity contribution in [3.63, 3.8) is 0 Å². The van der Waals surface area contributed by atoms with Crippen LogP contribution in [0, 0.1) is 0 Å². The molecule has 0 radical (unpaired) electrons. The van der Waals surface area contributed by atoms with Crippen molar-refractivity contribution >= 4 is 11.9 Å². The summed E-state index contributed by atoms with van der Waals surface area (Å²) in [6.45, 7) is 4.16. The maximum atomic E-state index is 12.9. The van der Waals surface area contributed by atoms with E-state index in [0.717, 1.165) is 31.2 Å². The molecule has 1 N–H and O–H groups in total. The zero-order chi connectivity index (χ0) is 19.7. The fourth-order valence-corrected chi connectivity index (χ4v) is 3.37. The van der Waals surface area contributed by atoms with E-state index >= 15 is 0 Å². The Kier molecular flexibility index (Phi) is 7.59. The SMILES string of the molecule is CCCCCCC(CC)(OC(=O)c1ccccc1C(=O)O)c1ccccc1. The number of esters is 1. The summed E-state index contributed by atoms with van der Waals surface area (Å²) in [7, 11) is 0. The minimum atomic E-state index is -1.13. The first-order valence-corrected chi connectivity index (χ1v) is 9.65. The molecule has 2 aromatic carbocycles. The van der Waals surface area contributed by atoms with Gasteiger partial charge < -0.3 is 9.84 Å². The molecule has 0 fully saturated rings. The van der Waals surface area contributed by atoms with Crippen LogP contribution in [-0.2, 0) is 10.3 Å². The highest BCUT2D eigenvalue weighted by Crippen LogP contribution is 2.36. The molecule has 0 aliphatic rings. The molecule has 0 bridgehead atoms. The van der Waals surface area contributed by atoms with Gasteiger partial charge in [-0.05, 0) is 37.0 Å². The van der Waals surface area contributed by atoms with Crippen LogP contribution in [0.3, 0.4) is 0 Å².